The lowest BCUT2D eigenvalue weighted by Crippen LogP contribution is -2.66. The van der Waals surface area contributed by atoms with Crippen molar-refractivity contribution in [3.63, 3.8) is 0 Å². The van der Waals surface area contributed by atoms with Crippen molar-refractivity contribution in [2.45, 2.75) is 51.2 Å². The van der Waals surface area contributed by atoms with Crippen molar-refractivity contribution in [2.75, 3.05) is 23.4 Å². The number of nitrogens with zero attached hydrogens (tertiary/aromatic N) is 2. The van der Waals surface area contributed by atoms with Gasteiger partial charge in [-0.2, -0.15) is 0 Å². The van der Waals surface area contributed by atoms with E-state index < -0.39 is 56.3 Å². The van der Waals surface area contributed by atoms with E-state index in [1.165, 1.54) is 17.0 Å². The van der Waals surface area contributed by atoms with Crippen molar-refractivity contribution in [1.82, 2.24) is 4.98 Å². The number of benzene rings is 5. The highest BCUT2D eigenvalue weighted by atomic mass is 28.4. The number of carbonyl (C=O) groups excluding carboxylic acids is 2. The number of hydrogen-bond acceptors (Lipinski definition) is 8. The summed E-state index contributed by atoms with van der Waals surface area (Å²) < 4.78 is 22.0. The highest BCUT2D eigenvalue weighted by Crippen LogP contribution is 2.48. The minimum Gasteiger partial charge on any atom is -0.505 e. The smallest absolute Gasteiger partial charge is 0.261 e. The maximum Gasteiger partial charge on any atom is 0.261 e. The van der Waals surface area contributed by atoms with E-state index in [0.29, 0.717) is 33.7 Å². The van der Waals surface area contributed by atoms with E-state index in [9.17, 15) is 29.3 Å². The normalized spacial score (nSPS) is 18.5. The molecule has 0 spiro atoms. The molecule has 11 heteroatoms. The number of phenolic OH excluding ortho intramolecular Hbond substituents is 1. The summed E-state index contributed by atoms with van der Waals surface area (Å²) in [5.74, 6) is -4.64. The Hall–Kier alpha value is -6.50. The number of imide groups is 1. The van der Waals surface area contributed by atoms with Crippen molar-refractivity contribution >= 4 is 59.2 Å². The van der Waals surface area contributed by atoms with Crippen LogP contribution >= 0.6 is 0 Å². The van der Waals surface area contributed by atoms with Gasteiger partial charge < -0.3 is 25.1 Å². The topological polar surface area (TPSA) is 132 Å². The third-order valence-electron chi connectivity index (χ3n) is 12.8. The minimum atomic E-state index is -3.14. The third kappa shape index (κ3) is 9.23. The van der Waals surface area contributed by atoms with Crippen LogP contribution < -0.4 is 20.6 Å². The number of rotatable bonds is 15. The molecule has 0 unspecified atom stereocenters. The van der Waals surface area contributed by atoms with Crippen LogP contribution in [0.25, 0.3) is 11.6 Å². The fraction of sp³-hybridized carbons (Fsp3) is 0.241. The van der Waals surface area contributed by atoms with Gasteiger partial charge in [-0.25, -0.2) is 4.39 Å². The molecule has 2 amide bonds. The first-order valence-corrected chi connectivity index (χ1v) is 24.0. The van der Waals surface area contributed by atoms with E-state index in [1.54, 1.807) is 36.5 Å². The Morgan fingerprint density at radius 1 is 0.846 bits per heavy atom. The zero-order valence-corrected chi connectivity index (χ0v) is 37.8. The van der Waals surface area contributed by atoms with Gasteiger partial charge in [-0.15, -0.1) is 0 Å². The number of hydrogen-bond donors (Lipinski definition) is 4. The number of aromatic hydroxyl groups is 1. The summed E-state index contributed by atoms with van der Waals surface area (Å²) in [7, 11) is -3.14. The maximum absolute atomic E-state index is 14.7. The lowest BCUT2D eigenvalue weighted by Gasteiger charge is -2.44. The molecule has 6 aromatic rings. The fourth-order valence-corrected chi connectivity index (χ4v) is 14.3. The van der Waals surface area contributed by atoms with E-state index in [2.05, 4.69) is 55.3 Å². The van der Waals surface area contributed by atoms with E-state index >= 15 is 0 Å². The largest absolute Gasteiger partial charge is 0.505 e. The molecule has 5 aromatic carbocycles. The highest BCUT2D eigenvalue weighted by Gasteiger charge is 2.56. The number of fused-ring (bicyclic) bond motifs is 1. The number of para-hydroxylation sites is 1. The number of aliphatic hydroxyl groups excluding tert-OH is 2. The average molecular weight is 888 g/mol. The molecule has 1 fully saturated rings. The van der Waals surface area contributed by atoms with Crippen LogP contribution in [0.4, 0.5) is 21.5 Å². The highest BCUT2D eigenvalue weighted by molar-refractivity contribution is 6.99. The number of aliphatic hydroxyl groups is 2. The van der Waals surface area contributed by atoms with E-state index in [1.807, 2.05) is 91.0 Å². The Morgan fingerprint density at radius 3 is 2.05 bits per heavy atom. The number of allylic oxidation sites excluding steroid dienone is 1. The van der Waals surface area contributed by atoms with Crippen LogP contribution in [0.15, 0.2) is 169 Å². The van der Waals surface area contributed by atoms with Crippen molar-refractivity contribution in [3.8, 4) is 5.75 Å². The van der Waals surface area contributed by atoms with E-state index in [4.69, 9.17) is 4.43 Å². The van der Waals surface area contributed by atoms with Gasteiger partial charge in [0.2, 0.25) is 11.8 Å². The molecule has 8 rings (SSSR count). The molecule has 0 radical (unpaired) electrons. The molecule has 0 saturated carbocycles. The molecule has 1 saturated heterocycles. The van der Waals surface area contributed by atoms with Gasteiger partial charge in [0.15, 0.2) is 11.6 Å². The Labute approximate surface area is 380 Å². The monoisotopic (exact) mass is 887 g/mol. The van der Waals surface area contributed by atoms with Gasteiger partial charge in [-0.05, 0) is 124 Å². The number of aromatic nitrogens is 1. The van der Waals surface area contributed by atoms with Crippen LogP contribution in [-0.4, -0.2) is 59.8 Å². The maximum atomic E-state index is 14.7. The minimum absolute atomic E-state index is 0.0520. The number of halogens is 1. The molecule has 4 atom stereocenters. The lowest BCUT2D eigenvalue weighted by molar-refractivity contribution is -0.123. The average Bonchev–Trinajstić information content (AvgIpc) is 3.57. The first kappa shape index (κ1) is 45.1. The van der Waals surface area contributed by atoms with Crippen LogP contribution in [0.2, 0.25) is 5.04 Å². The van der Waals surface area contributed by atoms with Crippen molar-refractivity contribution in [3.05, 3.63) is 186 Å². The standard InChI is InChI=1S/C54H54FN3O6Si/c1-54(2,3)65(42-17-9-5-10-18-42,43-19-11-6-12-20-43)64-35-38-33-44-51(53(63)58(52(44)62)41-26-24-40(25-27-41)57-39-15-7-4-8-16-39)45(34-59)50(38)49(61)29-23-37(47-21-13-14-30-56-47)31-36-22-28-48(60)46(55)32-36/h4-22,24-28,30-32,44-45,49,51,57,59-61H,23,29,33-35H2,1-3H3/b37-31-/t44-,45+,49-,51-/m1/s1. The summed E-state index contributed by atoms with van der Waals surface area (Å²) in [6.07, 6.45) is 2.84. The van der Waals surface area contributed by atoms with Crippen molar-refractivity contribution < 1.29 is 33.7 Å². The summed E-state index contributed by atoms with van der Waals surface area (Å²) in [5, 5.41) is 38.9. The summed E-state index contributed by atoms with van der Waals surface area (Å²) in [5.41, 5.74) is 5.11. The van der Waals surface area contributed by atoms with Gasteiger partial charge in [0.1, 0.15) is 0 Å². The molecular formula is C54H54FN3O6Si. The Morgan fingerprint density at radius 2 is 1.46 bits per heavy atom. The summed E-state index contributed by atoms with van der Waals surface area (Å²) in [6, 6.07) is 46.8. The predicted octanol–water partition coefficient (Wildman–Crippen LogP) is 9.04. The second-order valence-electron chi connectivity index (χ2n) is 17.8. The number of pyridine rings is 1. The molecule has 9 nitrogen and oxygen atoms in total. The summed E-state index contributed by atoms with van der Waals surface area (Å²) in [4.78, 5) is 35.1. The molecule has 332 valence electrons. The van der Waals surface area contributed by atoms with E-state index in [-0.39, 0.29) is 36.8 Å². The molecular weight excluding hydrogens is 834 g/mol. The van der Waals surface area contributed by atoms with Gasteiger partial charge in [0, 0.05) is 23.5 Å². The number of carbonyl (C=O) groups is 2. The zero-order chi connectivity index (χ0) is 45.7. The molecule has 2 aliphatic rings. The van der Waals surface area contributed by atoms with Crippen LogP contribution in [-0.2, 0) is 14.0 Å². The molecule has 1 aromatic heterocycles. The summed E-state index contributed by atoms with van der Waals surface area (Å²) >= 11 is 0. The summed E-state index contributed by atoms with van der Waals surface area (Å²) in [6.45, 7) is 6.11. The first-order chi connectivity index (χ1) is 31.4. The first-order valence-electron chi connectivity index (χ1n) is 22.1. The third-order valence-corrected chi connectivity index (χ3v) is 17.8. The van der Waals surface area contributed by atoms with Crippen molar-refractivity contribution in [2.24, 2.45) is 17.8 Å². The van der Waals surface area contributed by atoms with Gasteiger partial charge in [-0.1, -0.05) is 112 Å². The quantitative estimate of drug-likeness (QED) is 0.0457. The molecule has 1 aliphatic heterocycles. The van der Waals surface area contributed by atoms with Crippen LogP contribution in [0.5, 0.6) is 5.75 Å². The second-order valence-corrected chi connectivity index (χ2v) is 22.1. The molecule has 4 N–H and O–H groups in total. The van der Waals surface area contributed by atoms with Crippen LogP contribution in [0.1, 0.15) is 51.3 Å². The van der Waals surface area contributed by atoms with Gasteiger partial charge in [0.05, 0.1) is 42.5 Å². The molecule has 1 aliphatic carbocycles. The number of amides is 2. The molecule has 65 heavy (non-hydrogen) atoms. The molecule has 0 bridgehead atoms. The van der Waals surface area contributed by atoms with Gasteiger partial charge in [0.25, 0.3) is 8.32 Å². The SMILES string of the molecule is CC(C)(C)[Si](OCC1=C([C@H](O)CC/C(=C/c2ccc(O)c(F)c2)c2ccccn2)[C@H](CO)[C@@H]2C(=O)N(c3ccc(Nc4ccccc4)cc3)C(=O)[C@@H]2C1)(c1ccccc1)c1ccccc1. The Bertz CT molecular complexity index is 2640. The number of phenols is 1. The van der Waals surface area contributed by atoms with E-state index in [0.717, 1.165) is 21.7 Å². The zero-order valence-electron chi connectivity index (χ0n) is 36.8. The second kappa shape index (κ2) is 19.3. The Balaban J connectivity index is 1.18. The van der Waals surface area contributed by atoms with Crippen LogP contribution in [0.3, 0.4) is 0 Å². The van der Waals surface area contributed by atoms with Crippen molar-refractivity contribution in [1.29, 1.82) is 0 Å². The van der Waals surface area contributed by atoms with Gasteiger partial charge >= 0.3 is 0 Å². The number of nitrogens with one attached hydrogen (secondary N) is 1. The lowest BCUT2D eigenvalue weighted by atomic mass is 9.68. The fourth-order valence-electron chi connectivity index (χ4n) is 9.77. The Kier molecular flexibility index (Phi) is 13.4. The van der Waals surface area contributed by atoms with Gasteiger partial charge in [-0.3, -0.25) is 19.5 Å². The van der Waals surface area contributed by atoms with Crippen LogP contribution in [0, 0.1) is 23.6 Å². The predicted molar refractivity (Wildman–Crippen MR) is 257 cm³/mol. The molecule has 2 heterocycles. The number of anilines is 3.